The van der Waals surface area contributed by atoms with Crippen molar-refractivity contribution in [2.75, 3.05) is 19.6 Å². The lowest BCUT2D eigenvalue weighted by Crippen LogP contribution is -2.61. The molecule has 0 aromatic heterocycles. The largest absolute Gasteiger partial charge is 0.373 e. The maximum Gasteiger partial charge on any atom is 0.0735 e. The Kier molecular flexibility index (Phi) is 2.73. The van der Waals surface area contributed by atoms with Crippen LogP contribution in [0.15, 0.2) is 0 Å². The SMILES string of the molecule is CCC1(C)CN(C2CC3CCC2O3)CCN1. The van der Waals surface area contributed by atoms with Crippen molar-refractivity contribution in [2.24, 2.45) is 0 Å². The van der Waals surface area contributed by atoms with E-state index in [2.05, 4.69) is 24.1 Å². The number of hydrogen-bond acceptors (Lipinski definition) is 3. The Morgan fingerprint density at radius 1 is 1.44 bits per heavy atom. The highest BCUT2D eigenvalue weighted by Gasteiger charge is 2.45. The number of hydrogen-bond donors (Lipinski definition) is 1. The average Bonchev–Trinajstić information content (AvgIpc) is 2.91. The number of fused-ring (bicyclic) bond motifs is 2. The number of nitrogens with one attached hydrogen (secondary N) is 1. The topological polar surface area (TPSA) is 24.5 Å². The van der Waals surface area contributed by atoms with Crippen LogP contribution in [0.25, 0.3) is 0 Å². The van der Waals surface area contributed by atoms with Gasteiger partial charge in [0, 0.05) is 31.2 Å². The first-order valence-corrected chi connectivity index (χ1v) is 6.85. The van der Waals surface area contributed by atoms with E-state index in [9.17, 15) is 0 Å². The fourth-order valence-electron chi connectivity index (χ4n) is 3.60. The highest BCUT2D eigenvalue weighted by molar-refractivity contribution is 4.99. The molecule has 3 rings (SSSR count). The second kappa shape index (κ2) is 3.97. The number of piperazine rings is 1. The van der Waals surface area contributed by atoms with Gasteiger partial charge in [0.2, 0.25) is 0 Å². The third-order valence-electron chi connectivity index (χ3n) is 4.83. The van der Waals surface area contributed by atoms with Crippen molar-refractivity contribution in [3.8, 4) is 0 Å². The van der Waals surface area contributed by atoms with Crippen LogP contribution in [-0.2, 0) is 4.74 Å². The van der Waals surface area contributed by atoms with Gasteiger partial charge < -0.3 is 10.1 Å². The van der Waals surface area contributed by atoms with Crippen LogP contribution < -0.4 is 5.32 Å². The van der Waals surface area contributed by atoms with Crippen LogP contribution in [0.5, 0.6) is 0 Å². The van der Waals surface area contributed by atoms with Crippen LogP contribution in [0.3, 0.4) is 0 Å². The third-order valence-corrected chi connectivity index (χ3v) is 4.83. The molecule has 3 heteroatoms. The van der Waals surface area contributed by atoms with Crippen molar-refractivity contribution in [2.45, 2.75) is 63.3 Å². The molecule has 1 N–H and O–H groups in total. The standard InChI is InChI=1S/C13H24N2O/c1-3-13(2)9-15(7-6-14-13)11-8-10-4-5-12(11)16-10/h10-12,14H,3-9H2,1-2H3. The molecule has 0 saturated carbocycles. The predicted molar refractivity (Wildman–Crippen MR) is 64.6 cm³/mol. The molecule has 0 aromatic carbocycles. The second-order valence-electron chi connectivity index (χ2n) is 5.99. The summed E-state index contributed by atoms with van der Waals surface area (Å²) in [7, 11) is 0. The Morgan fingerprint density at radius 2 is 2.31 bits per heavy atom. The van der Waals surface area contributed by atoms with Gasteiger partial charge in [-0.1, -0.05) is 6.92 Å². The van der Waals surface area contributed by atoms with E-state index in [1.807, 2.05) is 0 Å². The molecular formula is C13H24N2O. The summed E-state index contributed by atoms with van der Waals surface area (Å²) < 4.78 is 5.98. The number of ether oxygens (including phenoxy) is 1. The van der Waals surface area contributed by atoms with Gasteiger partial charge in [0.1, 0.15) is 0 Å². The van der Waals surface area contributed by atoms with Gasteiger partial charge >= 0.3 is 0 Å². The molecule has 0 radical (unpaired) electrons. The highest BCUT2D eigenvalue weighted by atomic mass is 16.5. The van der Waals surface area contributed by atoms with Crippen LogP contribution >= 0.6 is 0 Å². The zero-order valence-electron chi connectivity index (χ0n) is 10.5. The molecule has 3 nitrogen and oxygen atoms in total. The van der Waals surface area contributed by atoms with E-state index in [4.69, 9.17) is 4.74 Å². The molecule has 3 saturated heterocycles. The van der Waals surface area contributed by atoms with Crippen LogP contribution in [-0.4, -0.2) is 48.3 Å². The normalized spacial score (nSPS) is 48.8. The van der Waals surface area contributed by atoms with Gasteiger partial charge in [-0.3, -0.25) is 4.90 Å². The summed E-state index contributed by atoms with van der Waals surface area (Å²) in [6, 6.07) is 0.715. The van der Waals surface area contributed by atoms with E-state index in [0.717, 1.165) is 6.54 Å². The smallest absolute Gasteiger partial charge is 0.0735 e. The maximum absolute atomic E-state index is 5.98. The van der Waals surface area contributed by atoms with Crippen molar-refractivity contribution in [3.05, 3.63) is 0 Å². The quantitative estimate of drug-likeness (QED) is 0.767. The van der Waals surface area contributed by atoms with E-state index in [-0.39, 0.29) is 0 Å². The van der Waals surface area contributed by atoms with Gasteiger partial charge in [-0.05, 0) is 32.6 Å². The Balaban J connectivity index is 1.66. The van der Waals surface area contributed by atoms with Crippen molar-refractivity contribution in [1.82, 2.24) is 10.2 Å². The van der Waals surface area contributed by atoms with Crippen LogP contribution in [0.1, 0.15) is 39.5 Å². The fraction of sp³-hybridized carbons (Fsp3) is 1.00. The van der Waals surface area contributed by atoms with Crippen molar-refractivity contribution < 1.29 is 4.74 Å². The summed E-state index contributed by atoms with van der Waals surface area (Å²) in [4.78, 5) is 2.68. The molecular weight excluding hydrogens is 200 g/mol. The zero-order valence-corrected chi connectivity index (χ0v) is 10.5. The lowest BCUT2D eigenvalue weighted by Gasteiger charge is -2.45. The van der Waals surface area contributed by atoms with E-state index in [0.29, 0.717) is 23.8 Å². The number of nitrogens with zero attached hydrogens (tertiary/aromatic N) is 1. The molecule has 16 heavy (non-hydrogen) atoms. The van der Waals surface area contributed by atoms with Crippen molar-refractivity contribution >= 4 is 0 Å². The van der Waals surface area contributed by atoms with Gasteiger partial charge in [-0.25, -0.2) is 0 Å². The van der Waals surface area contributed by atoms with E-state index in [1.54, 1.807) is 0 Å². The van der Waals surface area contributed by atoms with Crippen molar-refractivity contribution in [3.63, 3.8) is 0 Å². The van der Waals surface area contributed by atoms with E-state index in [1.165, 1.54) is 38.8 Å². The first-order valence-electron chi connectivity index (χ1n) is 6.85. The zero-order chi connectivity index (χ0) is 11.2. The Morgan fingerprint density at radius 3 is 2.94 bits per heavy atom. The summed E-state index contributed by atoms with van der Waals surface area (Å²) in [5.41, 5.74) is 0.320. The molecule has 0 amide bonds. The Hall–Kier alpha value is -0.120. The van der Waals surface area contributed by atoms with Crippen LogP contribution in [0, 0.1) is 0 Å². The molecule has 0 spiro atoms. The predicted octanol–water partition coefficient (Wildman–Crippen LogP) is 1.38. The summed E-state index contributed by atoms with van der Waals surface area (Å²) in [5.74, 6) is 0. The minimum Gasteiger partial charge on any atom is -0.373 e. The lowest BCUT2D eigenvalue weighted by molar-refractivity contribution is 0.0433. The lowest BCUT2D eigenvalue weighted by atomic mass is 9.90. The third kappa shape index (κ3) is 1.79. The number of rotatable bonds is 2. The van der Waals surface area contributed by atoms with Gasteiger partial charge in [0.25, 0.3) is 0 Å². The molecule has 4 unspecified atom stereocenters. The van der Waals surface area contributed by atoms with E-state index < -0.39 is 0 Å². The summed E-state index contributed by atoms with van der Waals surface area (Å²) in [6.07, 6.45) is 6.22. The molecule has 0 aromatic rings. The second-order valence-corrected chi connectivity index (χ2v) is 5.99. The maximum atomic E-state index is 5.98. The average molecular weight is 224 g/mol. The van der Waals surface area contributed by atoms with Crippen LogP contribution in [0.2, 0.25) is 0 Å². The van der Waals surface area contributed by atoms with E-state index >= 15 is 0 Å². The minimum atomic E-state index is 0.320. The first kappa shape index (κ1) is 11.0. The summed E-state index contributed by atoms with van der Waals surface area (Å²) >= 11 is 0. The van der Waals surface area contributed by atoms with Gasteiger partial charge in [0.05, 0.1) is 12.2 Å². The highest BCUT2D eigenvalue weighted by Crippen LogP contribution is 2.38. The molecule has 3 aliphatic rings. The molecule has 3 heterocycles. The summed E-state index contributed by atoms with van der Waals surface area (Å²) in [5, 5.41) is 3.66. The molecule has 0 aliphatic carbocycles. The molecule has 4 atom stereocenters. The fourth-order valence-corrected chi connectivity index (χ4v) is 3.60. The molecule has 3 aliphatic heterocycles. The molecule has 2 bridgehead atoms. The first-order chi connectivity index (χ1) is 7.70. The van der Waals surface area contributed by atoms with Gasteiger partial charge in [-0.15, -0.1) is 0 Å². The summed E-state index contributed by atoms with van der Waals surface area (Å²) in [6.45, 7) is 8.17. The Labute approximate surface area is 98.5 Å². The minimum absolute atomic E-state index is 0.320. The Bertz CT molecular complexity index is 271. The monoisotopic (exact) mass is 224 g/mol. The molecule has 92 valence electrons. The molecule has 3 fully saturated rings. The van der Waals surface area contributed by atoms with Gasteiger partial charge in [-0.2, -0.15) is 0 Å². The van der Waals surface area contributed by atoms with Crippen molar-refractivity contribution in [1.29, 1.82) is 0 Å². The van der Waals surface area contributed by atoms with Gasteiger partial charge in [0.15, 0.2) is 0 Å². The van der Waals surface area contributed by atoms with Crippen LogP contribution in [0.4, 0.5) is 0 Å².